The largest absolute Gasteiger partial charge is 0.497 e. The first-order valence-corrected chi connectivity index (χ1v) is 7.05. The summed E-state index contributed by atoms with van der Waals surface area (Å²) in [5, 5.41) is 9.94. The van der Waals surface area contributed by atoms with Crippen LogP contribution in [0.25, 0.3) is 0 Å². The van der Waals surface area contributed by atoms with Crippen molar-refractivity contribution in [3.63, 3.8) is 0 Å². The van der Waals surface area contributed by atoms with Crippen LogP contribution in [0.4, 0.5) is 0 Å². The third kappa shape index (κ3) is 3.57. The molecule has 0 saturated carbocycles. The van der Waals surface area contributed by atoms with E-state index in [9.17, 15) is 14.4 Å². The summed E-state index contributed by atoms with van der Waals surface area (Å²) in [6.07, 6.45) is 1.41. The number of benzene rings is 1. The number of carboxylic acid groups (broad SMARTS) is 1. The van der Waals surface area contributed by atoms with E-state index in [1.54, 1.807) is 38.3 Å². The van der Waals surface area contributed by atoms with Crippen molar-refractivity contribution in [2.45, 2.75) is 13.3 Å². The Morgan fingerprint density at radius 1 is 1.26 bits per heavy atom. The second kappa shape index (κ2) is 7.06. The van der Waals surface area contributed by atoms with Gasteiger partial charge in [-0.1, -0.05) is 12.1 Å². The molecule has 0 saturated heterocycles. The predicted molar refractivity (Wildman–Crippen MR) is 79.4 cm³/mol. The molecule has 2 rings (SSSR count). The number of methoxy groups -OCH3 is 1. The van der Waals surface area contributed by atoms with Gasteiger partial charge in [-0.05, 0) is 24.6 Å². The van der Waals surface area contributed by atoms with Crippen molar-refractivity contribution in [1.82, 2.24) is 5.06 Å². The Morgan fingerprint density at radius 3 is 2.43 bits per heavy atom. The molecule has 122 valence electrons. The zero-order valence-electron chi connectivity index (χ0n) is 12.8. The smallest absolute Gasteiger partial charge is 0.324 e. The van der Waals surface area contributed by atoms with E-state index in [4.69, 9.17) is 14.7 Å². The fraction of sp³-hybridized carbons (Fsp3) is 0.312. The maximum atomic E-state index is 12.2. The number of nitrogens with zero attached hydrogens (tertiary/aromatic N) is 1. The Hall–Kier alpha value is -2.67. The quantitative estimate of drug-likeness (QED) is 0.792. The van der Waals surface area contributed by atoms with Crippen LogP contribution in [-0.2, 0) is 25.6 Å². The second-order valence-electron chi connectivity index (χ2n) is 4.88. The number of carboxylic acids is 1. The summed E-state index contributed by atoms with van der Waals surface area (Å²) in [6.45, 7) is 1.84. The van der Waals surface area contributed by atoms with E-state index in [1.807, 2.05) is 0 Å². The topological polar surface area (TPSA) is 93.1 Å². The van der Waals surface area contributed by atoms with Crippen molar-refractivity contribution < 1.29 is 29.1 Å². The zero-order chi connectivity index (χ0) is 17.0. The predicted octanol–water partition coefficient (Wildman–Crippen LogP) is 1.19. The molecule has 1 aliphatic heterocycles. The monoisotopic (exact) mass is 319 g/mol. The Morgan fingerprint density at radius 2 is 1.91 bits per heavy atom. The van der Waals surface area contributed by atoms with Crippen molar-refractivity contribution in [3.8, 4) is 5.75 Å². The van der Waals surface area contributed by atoms with Crippen LogP contribution in [0, 0.1) is 5.92 Å². The molecule has 7 heteroatoms. The summed E-state index contributed by atoms with van der Waals surface area (Å²) >= 11 is 0. The van der Waals surface area contributed by atoms with E-state index in [2.05, 4.69) is 0 Å². The van der Waals surface area contributed by atoms with E-state index >= 15 is 0 Å². The van der Waals surface area contributed by atoms with Gasteiger partial charge in [-0.25, -0.2) is 0 Å². The number of aliphatic carboxylic acids is 1. The number of ketones is 1. The van der Waals surface area contributed by atoms with Crippen LogP contribution in [0.15, 0.2) is 36.0 Å². The number of rotatable bonds is 6. The highest BCUT2D eigenvalue weighted by atomic mass is 16.7. The van der Waals surface area contributed by atoms with Crippen LogP contribution in [0.2, 0.25) is 0 Å². The fourth-order valence-corrected chi connectivity index (χ4v) is 2.26. The molecule has 7 nitrogen and oxygen atoms in total. The van der Waals surface area contributed by atoms with E-state index in [1.165, 1.54) is 0 Å². The number of allylic oxidation sites excluding steroid dienone is 2. The van der Waals surface area contributed by atoms with E-state index in [0.29, 0.717) is 11.4 Å². The summed E-state index contributed by atoms with van der Waals surface area (Å²) in [5.74, 6) is -4.17. The first-order valence-electron chi connectivity index (χ1n) is 7.05. The molecule has 0 fully saturated rings. The molecule has 0 radical (unpaired) electrons. The van der Waals surface area contributed by atoms with Gasteiger partial charge in [0.05, 0.1) is 19.4 Å². The molecule has 1 aliphatic rings. The van der Waals surface area contributed by atoms with Gasteiger partial charge in [0.15, 0.2) is 11.7 Å². The third-order valence-corrected chi connectivity index (χ3v) is 3.35. The van der Waals surface area contributed by atoms with E-state index in [0.717, 1.165) is 16.7 Å². The van der Waals surface area contributed by atoms with Crippen molar-refractivity contribution in [2.24, 2.45) is 5.92 Å². The minimum absolute atomic E-state index is 0.173. The van der Waals surface area contributed by atoms with Gasteiger partial charge < -0.3 is 9.84 Å². The molecule has 1 atom stereocenters. The molecule has 1 heterocycles. The molecule has 1 amide bonds. The van der Waals surface area contributed by atoms with Crippen molar-refractivity contribution in [1.29, 1.82) is 0 Å². The minimum atomic E-state index is -1.75. The van der Waals surface area contributed by atoms with Gasteiger partial charge in [0, 0.05) is 12.5 Å². The maximum Gasteiger partial charge on any atom is 0.324 e. The molecule has 0 aliphatic carbocycles. The Balaban J connectivity index is 2.29. The maximum absolute atomic E-state index is 12.2. The van der Waals surface area contributed by atoms with Gasteiger partial charge in [-0.15, -0.1) is 0 Å². The van der Waals surface area contributed by atoms with Crippen molar-refractivity contribution in [2.75, 3.05) is 13.7 Å². The summed E-state index contributed by atoms with van der Waals surface area (Å²) in [7, 11) is 1.55. The normalized spacial score (nSPS) is 17.9. The lowest BCUT2D eigenvalue weighted by atomic mass is 9.96. The molecule has 23 heavy (non-hydrogen) atoms. The van der Waals surface area contributed by atoms with Gasteiger partial charge in [0.25, 0.3) is 5.91 Å². The Bertz CT molecular complexity index is 649. The van der Waals surface area contributed by atoms with Crippen LogP contribution < -0.4 is 4.74 Å². The number of carbonyl (C=O) groups is 3. The summed E-state index contributed by atoms with van der Waals surface area (Å²) in [4.78, 5) is 40.4. The second-order valence-corrected chi connectivity index (χ2v) is 4.88. The van der Waals surface area contributed by atoms with E-state index < -0.39 is 23.6 Å². The molecule has 0 bridgehead atoms. The van der Waals surface area contributed by atoms with Gasteiger partial charge in [-0.3, -0.25) is 19.2 Å². The third-order valence-electron chi connectivity index (χ3n) is 3.35. The lowest BCUT2D eigenvalue weighted by molar-refractivity contribution is -0.184. The molecule has 0 aromatic heterocycles. The van der Waals surface area contributed by atoms with E-state index in [-0.39, 0.29) is 13.0 Å². The minimum Gasteiger partial charge on any atom is -0.497 e. The molecule has 1 N–H and O–H groups in total. The summed E-state index contributed by atoms with van der Waals surface area (Å²) in [6, 6.07) is 7.10. The highest BCUT2D eigenvalue weighted by Crippen LogP contribution is 2.24. The Labute approximate surface area is 133 Å². The van der Waals surface area contributed by atoms with Gasteiger partial charge >= 0.3 is 5.97 Å². The van der Waals surface area contributed by atoms with Crippen molar-refractivity contribution in [3.05, 3.63) is 41.6 Å². The van der Waals surface area contributed by atoms with Gasteiger partial charge in [0.1, 0.15) is 5.75 Å². The highest BCUT2D eigenvalue weighted by molar-refractivity contribution is 6.21. The number of hydrogen-bond acceptors (Lipinski definition) is 5. The number of hydrogen-bond donors (Lipinski definition) is 1. The van der Waals surface area contributed by atoms with Gasteiger partial charge in [0.2, 0.25) is 0 Å². The number of hydroxylamine groups is 2. The fourth-order valence-electron chi connectivity index (χ4n) is 2.26. The van der Waals surface area contributed by atoms with Crippen molar-refractivity contribution >= 4 is 17.7 Å². The summed E-state index contributed by atoms with van der Waals surface area (Å²) < 4.78 is 5.07. The van der Waals surface area contributed by atoms with Crippen LogP contribution in [0.1, 0.15) is 12.5 Å². The van der Waals surface area contributed by atoms with Crippen LogP contribution in [0.5, 0.6) is 5.75 Å². The van der Waals surface area contributed by atoms with Crippen LogP contribution in [0.3, 0.4) is 0 Å². The molecule has 1 aromatic carbocycles. The molecular weight excluding hydrogens is 302 g/mol. The number of amides is 1. The van der Waals surface area contributed by atoms with Crippen LogP contribution in [-0.4, -0.2) is 41.5 Å². The first-order chi connectivity index (χ1) is 11.0. The first kappa shape index (κ1) is 16.7. The molecular formula is C16H17NO6. The number of carbonyl (C=O) groups excluding carboxylic acids is 2. The molecule has 0 spiro atoms. The van der Waals surface area contributed by atoms with Gasteiger partial charge in [-0.2, -0.15) is 5.06 Å². The van der Waals surface area contributed by atoms with Crippen LogP contribution >= 0.6 is 0 Å². The lowest BCUT2D eigenvalue weighted by Crippen LogP contribution is -2.46. The molecule has 1 unspecified atom stereocenters. The standard InChI is InChI=1S/C16H17NO6/c1-3-23-17-11(8-10-4-6-12(22-2)7-5-10)9-13(18)14(15(17)19)16(20)21/h4-7,9,14H,3,8H2,1-2H3,(H,20,21). The average Bonchev–Trinajstić information content (AvgIpc) is 2.51. The average molecular weight is 319 g/mol. The molecule has 1 aromatic rings. The number of ether oxygens (including phenoxy) is 1. The zero-order valence-corrected chi connectivity index (χ0v) is 12.8. The lowest BCUT2D eigenvalue weighted by Gasteiger charge is -2.29. The summed E-state index contributed by atoms with van der Waals surface area (Å²) in [5.41, 5.74) is 1.14. The SMILES string of the molecule is CCON1C(=O)C(C(=O)O)C(=O)C=C1Cc1ccc(OC)cc1. The Kier molecular flexibility index (Phi) is 5.13. The highest BCUT2D eigenvalue weighted by Gasteiger charge is 2.42.